The van der Waals surface area contributed by atoms with E-state index in [2.05, 4.69) is 4.72 Å². The van der Waals surface area contributed by atoms with Crippen molar-refractivity contribution in [1.29, 1.82) is 0 Å². The van der Waals surface area contributed by atoms with Crippen LogP contribution in [0.4, 0.5) is 5.69 Å². The highest BCUT2D eigenvalue weighted by Gasteiger charge is 2.39. The van der Waals surface area contributed by atoms with E-state index >= 15 is 0 Å². The van der Waals surface area contributed by atoms with Crippen molar-refractivity contribution in [1.82, 2.24) is 4.31 Å². The molecule has 1 N–H and O–H groups in total. The Balaban J connectivity index is 2.14. The minimum Gasteiger partial charge on any atom is -0.465 e. The third-order valence-electron chi connectivity index (χ3n) is 3.09. The van der Waals surface area contributed by atoms with E-state index in [1.165, 1.54) is 4.31 Å². The topological polar surface area (TPSA) is 75.7 Å². The fourth-order valence-electron chi connectivity index (χ4n) is 2.22. The van der Waals surface area contributed by atoms with Gasteiger partial charge in [-0.3, -0.25) is 9.52 Å². The summed E-state index contributed by atoms with van der Waals surface area (Å²) in [6.07, 6.45) is 1.15. The Bertz CT molecular complexity index is 559. The van der Waals surface area contributed by atoms with Crippen molar-refractivity contribution in [3.63, 3.8) is 0 Å². The van der Waals surface area contributed by atoms with Crippen molar-refractivity contribution in [2.24, 2.45) is 0 Å². The SMILES string of the molecule is CCOC(=O)C1CCCN1S(=O)(=O)Nc1ccccc1. The molecule has 6 nitrogen and oxygen atoms in total. The molecular weight excluding hydrogens is 280 g/mol. The van der Waals surface area contributed by atoms with E-state index in [1.807, 2.05) is 0 Å². The molecule has 1 aliphatic rings. The van der Waals surface area contributed by atoms with Crippen LogP contribution in [0.1, 0.15) is 19.8 Å². The summed E-state index contributed by atoms with van der Waals surface area (Å²) in [5.74, 6) is -0.483. The Morgan fingerprint density at radius 1 is 1.40 bits per heavy atom. The number of para-hydroxylation sites is 1. The van der Waals surface area contributed by atoms with Crippen LogP contribution in [0.3, 0.4) is 0 Å². The predicted octanol–water partition coefficient (Wildman–Crippen LogP) is 1.37. The lowest BCUT2D eigenvalue weighted by Gasteiger charge is -2.23. The first kappa shape index (κ1) is 14.8. The highest BCUT2D eigenvalue weighted by molar-refractivity contribution is 7.90. The summed E-state index contributed by atoms with van der Waals surface area (Å²) in [5, 5.41) is 0. The molecule has 0 amide bonds. The molecule has 1 saturated heterocycles. The Morgan fingerprint density at radius 2 is 2.10 bits per heavy atom. The van der Waals surface area contributed by atoms with Crippen LogP contribution in [0, 0.1) is 0 Å². The van der Waals surface area contributed by atoms with E-state index in [9.17, 15) is 13.2 Å². The number of nitrogens with one attached hydrogen (secondary N) is 1. The Kier molecular flexibility index (Phi) is 4.61. The highest BCUT2D eigenvalue weighted by atomic mass is 32.2. The van der Waals surface area contributed by atoms with Gasteiger partial charge in [0.05, 0.1) is 6.61 Å². The summed E-state index contributed by atoms with van der Waals surface area (Å²) >= 11 is 0. The lowest BCUT2D eigenvalue weighted by atomic mass is 10.2. The maximum absolute atomic E-state index is 12.3. The first-order valence-corrected chi connectivity index (χ1v) is 8.00. The number of anilines is 1. The Hall–Kier alpha value is -1.60. The number of ether oxygens (including phenoxy) is 1. The zero-order chi connectivity index (χ0) is 14.6. The molecule has 2 rings (SSSR count). The molecule has 110 valence electrons. The number of carbonyl (C=O) groups is 1. The van der Waals surface area contributed by atoms with Gasteiger partial charge in [-0.05, 0) is 31.9 Å². The van der Waals surface area contributed by atoms with Crippen LogP contribution in [0.25, 0.3) is 0 Å². The molecule has 1 fully saturated rings. The van der Waals surface area contributed by atoms with Gasteiger partial charge in [-0.2, -0.15) is 12.7 Å². The average molecular weight is 298 g/mol. The summed E-state index contributed by atoms with van der Waals surface area (Å²) in [6, 6.07) is 7.88. The van der Waals surface area contributed by atoms with Gasteiger partial charge in [0.1, 0.15) is 6.04 Å². The number of hydrogen-bond donors (Lipinski definition) is 1. The molecule has 7 heteroatoms. The minimum atomic E-state index is -3.74. The van der Waals surface area contributed by atoms with Crippen LogP contribution < -0.4 is 4.72 Å². The van der Waals surface area contributed by atoms with Crippen molar-refractivity contribution in [2.45, 2.75) is 25.8 Å². The molecule has 1 aromatic carbocycles. The van der Waals surface area contributed by atoms with Crippen LogP contribution >= 0.6 is 0 Å². The fourth-order valence-corrected chi connectivity index (χ4v) is 3.66. The van der Waals surface area contributed by atoms with Crippen LogP contribution in [0.2, 0.25) is 0 Å². The standard InChI is InChI=1S/C13H18N2O4S/c1-2-19-13(16)12-9-6-10-15(12)20(17,18)14-11-7-4-3-5-8-11/h3-5,7-8,12,14H,2,6,9-10H2,1H3. The summed E-state index contributed by atoms with van der Waals surface area (Å²) in [4.78, 5) is 11.8. The third-order valence-corrected chi connectivity index (χ3v) is 4.64. The molecule has 1 atom stereocenters. The van der Waals surface area contributed by atoms with Gasteiger partial charge in [0.15, 0.2) is 0 Å². The highest BCUT2D eigenvalue weighted by Crippen LogP contribution is 2.23. The maximum Gasteiger partial charge on any atom is 0.324 e. The number of nitrogens with zero attached hydrogens (tertiary/aromatic N) is 1. The molecule has 0 radical (unpaired) electrons. The molecule has 0 aliphatic carbocycles. The zero-order valence-corrected chi connectivity index (χ0v) is 12.1. The summed E-state index contributed by atoms with van der Waals surface area (Å²) in [6.45, 7) is 2.27. The van der Waals surface area contributed by atoms with Gasteiger partial charge < -0.3 is 4.74 Å². The molecule has 1 aromatic rings. The second-order valence-electron chi connectivity index (χ2n) is 4.49. The number of carbonyl (C=O) groups excluding carboxylic acids is 1. The zero-order valence-electron chi connectivity index (χ0n) is 11.3. The summed E-state index contributed by atoms with van der Waals surface area (Å²) in [7, 11) is -3.74. The van der Waals surface area contributed by atoms with Crippen molar-refractivity contribution < 1.29 is 17.9 Å². The smallest absolute Gasteiger partial charge is 0.324 e. The van der Waals surface area contributed by atoms with Crippen LogP contribution in [-0.2, 0) is 19.7 Å². The molecule has 1 heterocycles. The van der Waals surface area contributed by atoms with Gasteiger partial charge in [-0.25, -0.2) is 0 Å². The third kappa shape index (κ3) is 3.29. The first-order valence-electron chi connectivity index (χ1n) is 6.56. The van der Waals surface area contributed by atoms with Crippen LogP contribution in [0.15, 0.2) is 30.3 Å². The number of hydrogen-bond acceptors (Lipinski definition) is 4. The number of esters is 1. The van der Waals surface area contributed by atoms with Crippen LogP contribution in [0.5, 0.6) is 0 Å². The largest absolute Gasteiger partial charge is 0.465 e. The maximum atomic E-state index is 12.3. The predicted molar refractivity (Wildman–Crippen MR) is 75.3 cm³/mol. The van der Waals surface area contributed by atoms with E-state index in [4.69, 9.17) is 4.74 Å². The molecule has 0 spiro atoms. The second-order valence-corrected chi connectivity index (χ2v) is 6.12. The molecule has 20 heavy (non-hydrogen) atoms. The number of benzene rings is 1. The normalized spacial score (nSPS) is 19.8. The minimum absolute atomic E-state index is 0.245. The Morgan fingerprint density at radius 3 is 2.75 bits per heavy atom. The van der Waals surface area contributed by atoms with E-state index in [0.717, 1.165) is 0 Å². The molecule has 1 aliphatic heterocycles. The van der Waals surface area contributed by atoms with Gasteiger partial charge in [0.2, 0.25) is 0 Å². The van der Waals surface area contributed by atoms with E-state index in [-0.39, 0.29) is 6.61 Å². The van der Waals surface area contributed by atoms with E-state index in [1.54, 1.807) is 37.3 Å². The molecule has 1 unspecified atom stereocenters. The van der Waals surface area contributed by atoms with Crippen molar-refractivity contribution in [2.75, 3.05) is 17.9 Å². The van der Waals surface area contributed by atoms with Gasteiger partial charge in [0.25, 0.3) is 0 Å². The lowest BCUT2D eigenvalue weighted by molar-refractivity contribution is -0.146. The average Bonchev–Trinajstić information content (AvgIpc) is 2.90. The second kappa shape index (κ2) is 6.23. The first-order chi connectivity index (χ1) is 9.54. The van der Waals surface area contributed by atoms with Gasteiger partial charge >= 0.3 is 16.2 Å². The van der Waals surface area contributed by atoms with Gasteiger partial charge in [0, 0.05) is 12.2 Å². The van der Waals surface area contributed by atoms with Crippen LogP contribution in [-0.4, -0.2) is 37.9 Å². The monoisotopic (exact) mass is 298 g/mol. The molecular formula is C13H18N2O4S. The van der Waals surface area contributed by atoms with Crippen molar-refractivity contribution in [3.8, 4) is 0 Å². The van der Waals surface area contributed by atoms with E-state index in [0.29, 0.717) is 25.1 Å². The molecule has 0 aromatic heterocycles. The van der Waals surface area contributed by atoms with Crippen molar-refractivity contribution >= 4 is 21.9 Å². The number of rotatable bonds is 5. The van der Waals surface area contributed by atoms with Gasteiger partial charge in [-0.1, -0.05) is 18.2 Å². The molecule has 0 saturated carbocycles. The molecule has 0 bridgehead atoms. The van der Waals surface area contributed by atoms with E-state index < -0.39 is 22.2 Å². The summed E-state index contributed by atoms with van der Waals surface area (Å²) < 4.78 is 33.2. The fraction of sp³-hybridized carbons (Fsp3) is 0.462. The van der Waals surface area contributed by atoms with Gasteiger partial charge in [-0.15, -0.1) is 0 Å². The quantitative estimate of drug-likeness (QED) is 0.833. The Labute approximate surface area is 118 Å². The lowest BCUT2D eigenvalue weighted by Crippen LogP contribution is -2.44. The summed E-state index contributed by atoms with van der Waals surface area (Å²) in [5.41, 5.74) is 0.474. The van der Waals surface area contributed by atoms with Crippen molar-refractivity contribution in [3.05, 3.63) is 30.3 Å².